The summed E-state index contributed by atoms with van der Waals surface area (Å²) in [5, 5.41) is 0.231. The molecule has 23 heavy (non-hydrogen) atoms. The monoisotopic (exact) mass is 321 g/mol. The summed E-state index contributed by atoms with van der Waals surface area (Å²) in [5.41, 5.74) is -0.562. The summed E-state index contributed by atoms with van der Waals surface area (Å²) >= 11 is 0. The highest BCUT2D eigenvalue weighted by Crippen LogP contribution is 2.38. The normalized spacial score (nSPS) is 11.7. The number of hydrogen-bond donors (Lipinski definition) is 0. The highest BCUT2D eigenvalue weighted by molar-refractivity contribution is 5.96. The Hall–Kier alpha value is -2.63. The molecule has 3 aromatic rings. The van der Waals surface area contributed by atoms with Crippen molar-refractivity contribution in [2.45, 2.75) is 6.18 Å². The highest BCUT2D eigenvalue weighted by atomic mass is 19.4. The van der Waals surface area contributed by atoms with Gasteiger partial charge in [0.25, 0.3) is 0 Å². The number of aromatic nitrogens is 1. The minimum atomic E-state index is -4.53. The van der Waals surface area contributed by atoms with Gasteiger partial charge in [0, 0.05) is 17.1 Å². The lowest BCUT2D eigenvalue weighted by atomic mass is 9.98. The molecular weight excluding hydrogens is 310 g/mol. The van der Waals surface area contributed by atoms with Crippen LogP contribution in [0.4, 0.5) is 17.6 Å². The second-order valence-electron chi connectivity index (χ2n) is 4.90. The fraction of sp³-hybridized carbons (Fsp3) is 0.118. The quantitative estimate of drug-likeness (QED) is 0.615. The predicted octanol–water partition coefficient (Wildman–Crippen LogP) is 5.07. The van der Waals surface area contributed by atoms with E-state index >= 15 is 0 Å². The first-order chi connectivity index (χ1) is 10.9. The van der Waals surface area contributed by atoms with Crippen molar-refractivity contribution < 1.29 is 22.3 Å². The van der Waals surface area contributed by atoms with E-state index in [1.54, 1.807) is 0 Å². The number of ether oxygens (including phenoxy) is 1. The molecule has 0 saturated heterocycles. The van der Waals surface area contributed by atoms with Crippen LogP contribution in [-0.2, 0) is 6.18 Å². The largest absolute Gasteiger partial charge is 0.497 e. The van der Waals surface area contributed by atoms with Crippen LogP contribution in [0, 0.1) is 5.82 Å². The fourth-order valence-electron chi connectivity index (χ4n) is 2.48. The van der Waals surface area contributed by atoms with E-state index in [1.165, 1.54) is 49.7 Å². The van der Waals surface area contributed by atoms with E-state index in [-0.39, 0.29) is 16.5 Å². The SMILES string of the molecule is COc1ccc(F)c(-c2ccnc3c(C(F)(F)F)cccc23)c1. The lowest BCUT2D eigenvalue weighted by Gasteiger charge is -2.13. The minimum absolute atomic E-state index is 0.163. The van der Waals surface area contributed by atoms with Crippen LogP contribution in [0.5, 0.6) is 5.75 Å². The van der Waals surface area contributed by atoms with Gasteiger partial charge >= 0.3 is 6.18 Å². The molecule has 0 aliphatic heterocycles. The third-order valence-corrected chi connectivity index (χ3v) is 3.54. The molecule has 2 nitrogen and oxygen atoms in total. The van der Waals surface area contributed by atoms with Crippen molar-refractivity contribution in [1.82, 2.24) is 4.98 Å². The zero-order valence-electron chi connectivity index (χ0n) is 12.0. The highest BCUT2D eigenvalue weighted by Gasteiger charge is 2.33. The van der Waals surface area contributed by atoms with Gasteiger partial charge in [0.15, 0.2) is 0 Å². The van der Waals surface area contributed by atoms with Gasteiger partial charge in [0.05, 0.1) is 18.2 Å². The summed E-state index contributed by atoms with van der Waals surface area (Å²) in [7, 11) is 1.43. The van der Waals surface area contributed by atoms with E-state index in [9.17, 15) is 17.6 Å². The van der Waals surface area contributed by atoms with Crippen molar-refractivity contribution in [3.05, 3.63) is 60.0 Å². The van der Waals surface area contributed by atoms with Crippen LogP contribution >= 0.6 is 0 Å². The topological polar surface area (TPSA) is 22.1 Å². The van der Waals surface area contributed by atoms with Gasteiger partial charge in [-0.1, -0.05) is 12.1 Å². The summed E-state index contributed by atoms with van der Waals surface area (Å²) in [5.74, 6) is -0.131. The van der Waals surface area contributed by atoms with Gasteiger partial charge in [-0.3, -0.25) is 4.98 Å². The molecule has 6 heteroatoms. The van der Waals surface area contributed by atoms with Crippen molar-refractivity contribution in [2.75, 3.05) is 7.11 Å². The van der Waals surface area contributed by atoms with Gasteiger partial charge in [-0.15, -0.1) is 0 Å². The summed E-state index contributed by atoms with van der Waals surface area (Å²) in [6, 6.07) is 9.34. The molecular formula is C17H11F4NO. The van der Waals surface area contributed by atoms with Crippen LogP contribution in [-0.4, -0.2) is 12.1 Å². The summed E-state index contributed by atoms with van der Waals surface area (Å²) in [6.07, 6.45) is -3.29. The first-order valence-corrected chi connectivity index (χ1v) is 6.70. The predicted molar refractivity (Wildman–Crippen MR) is 78.7 cm³/mol. The molecule has 0 bridgehead atoms. The first-order valence-electron chi connectivity index (χ1n) is 6.70. The zero-order valence-corrected chi connectivity index (χ0v) is 12.0. The Bertz CT molecular complexity index is 874. The number of alkyl halides is 3. The van der Waals surface area contributed by atoms with Crippen LogP contribution in [0.2, 0.25) is 0 Å². The molecule has 0 atom stereocenters. The fourth-order valence-corrected chi connectivity index (χ4v) is 2.48. The first kappa shape index (κ1) is 15.3. The average molecular weight is 321 g/mol. The van der Waals surface area contributed by atoms with Crippen molar-refractivity contribution in [3.8, 4) is 16.9 Å². The summed E-state index contributed by atoms with van der Waals surface area (Å²) in [6.45, 7) is 0. The van der Waals surface area contributed by atoms with Gasteiger partial charge in [-0.25, -0.2) is 4.39 Å². The summed E-state index contributed by atoms with van der Waals surface area (Å²) in [4.78, 5) is 3.83. The molecule has 3 rings (SSSR count). The minimum Gasteiger partial charge on any atom is -0.497 e. The van der Waals surface area contributed by atoms with Gasteiger partial charge in [-0.2, -0.15) is 13.2 Å². The van der Waals surface area contributed by atoms with Crippen molar-refractivity contribution in [1.29, 1.82) is 0 Å². The van der Waals surface area contributed by atoms with Gasteiger partial charge in [0.2, 0.25) is 0 Å². The van der Waals surface area contributed by atoms with E-state index in [2.05, 4.69) is 4.98 Å². The third kappa shape index (κ3) is 2.72. The van der Waals surface area contributed by atoms with Gasteiger partial charge in [-0.05, 0) is 35.9 Å². The molecule has 0 saturated carbocycles. The van der Waals surface area contributed by atoms with E-state index in [0.717, 1.165) is 6.07 Å². The standard InChI is InChI=1S/C17H11F4NO/c1-23-10-5-6-15(18)13(9-10)11-7-8-22-16-12(11)3-2-4-14(16)17(19,20)21/h2-9H,1H3. The second kappa shape index (κ2) is 5.53. The number of nitrogens with zero attached hydrogens (tertiary/aromatic N) is 1. The molecule has 0 amide bonds. The number of hydrogen-bond acceptors (Lipinski definition) is 2. The van der Waals surface area contributed by atoms with Crippen molar-refractivity contribution in [2.24, 2.45) is 0 Å². The number of fused-ring (bicyclic) bond motifs is 1. The van der Waals surface area contributed by atoms with Crippen LogP contribution in [0.15, 0.2) is 48.7 Å². The van der Waals surface area contributed by atoms with Crippen molar-refractivity contribution >= 4 is 10.9 Å². The molecule has 1 aromatic heterocycles. The van der Waals surface area contributed by atoms with Gasteiger partial charge in [0.1, 0.15) is 11.6 Å². The number of benzene rings is 2. The van der Waals surface area contributed by atoms with Gasteiger partial charge < -0.3 is 4.74 Å². The number of methoxy groups -OCH3 is 1. The third-order valence-electron chi connectivity index (χ3n) is 3.54. The molecule has 0 fully saturated rings. The average Bonchev–Trinajstić information content (AvgIpc) is 2.53. The maximum atomic E-state index is 14.2. The van der Waals surface area contributed by atoms with E-state index in [4.69, 9.17) is 4.74 Å². The molecule has 0 aliphatic carbocycles. The number of rotatable bonds is 2. The Morgan fingerprint density at radius 2 is 1.78 bits per heavy atom. The van der Waals surface area contributed by atoms with Crippen LogP contribution in [0.3, 0.4) is 0 Å². The second-order valence-corrected chi connectivity index (χ2v) is 4.90. The lowest BCUT2D eigenvalue weighted by Crippen LogP contribution is -2.06. The smallest absolute Gasteiger partial charge is 0.418 e. The molecule has 0 unspecified atom stereocenters. The molecule has 0 spiro atoms. The number of halogens is 4. The molecule has 118 valence electrons. The summed E-state index contributed by atoms with van der Waals surface area (Å²) < 4.78 is 58.6. The number of para-hydroxylation sites is 1. The number of pyridine rings is 1. The zero-order chi connectivity index (χ0) is 16.6. The van der Waals surface area contributed by atoms with Crippen LogP contribution in [0.1, 0.15) is 5.56 Å². The Labute approximate surface area is 129 Å². The Kier molecular flexibility index (Phi) is 3.67. The van der Waals surface area contributed by atoms with E-state index in [0.29, 0.717) is 11.3 Å². The van der Waals surface area contributed by atoms with Crippen molar-refractivity contribution in [3.63, 3.8) is 0 Å². The molecule has 0 N–H and O–H groups in total. The molecule has 2 aromatic carbocycles. The van der Waals surface area contributed by atoms with E-state index in [1.807, 2.05) is 0 Å². The Balaban J connectivity index is 2.32. The molecule has 1 heterocycles. The van der Waals surface area contributed by atoms with Crippen LogP contribution in [0.25, 0.3) is 22.0 Å². The maximum Gasteiger partial charge on any atom is 0.418 e. The Morgan fingerprint density at radius 1 is 1.00 bits per heavy atom. The Morgan fingerprint density at radius 3 is 2.48 bits per heavy atom. The maximum absolute atomic E-state index is 14.2. The lowest BCUT2D eigenvalue weighted by molar-refractivity contribution is -0.136. The van der Waals surface area contributed by atoms with Crippen LogP contribution < -0.4 is 4.74 Å². The molecule has 0 radical (unpaired) electrons. The molecule has 0 aliphatic rings. The van der Waals surface area contributed by atoms with E-state index < -0.39 is 17.6 Å².